The molecule has 0 heterocycles. The number of carbonyl (C=O) groups excluding carboxylic acids is 1. The lowest BCUT2D eigenvalue weighted by Gasteiger charge is -2.10. The van der Waals surface area contributed by atoms with Crippen molar-refractivity contribution in [1.29, 1.82) is 0 Å². The fourth-order valence-corrected chi connectivity index (χ4v) is 4.14. The number of nitrogens with two attached hydrogens (primary N) is 1. The Kier molecular flexibility index (Phi) is 4.96. The largest absolute Gasteiger partial charge is 0.496 e. The first-order valence-corrected chi connectivity index (χ1v) is 10.3. The molecule has 1 saturated carbocycles. The molecule has 0 aliphatic heterocycles. The smallest absolute Gasteiger partial charge is 0.255 e. The number of hydrogen-bond acceptors (Lipinski definition) is 4. The summed E-state index contributed by atoms with van der Waals surface area (Å²) in [5, 5.41) is 8.67. The van der Waals surface area contributed by atoms with Crippen molar-refractivity contribution in [3.8, 4) is 5.75 Å². The van der Waals surface area contributed by atoms with Crippen LogP contribution in [0, 0.1) is 5.41 Å². The number of amides is 1. The molecular formula is C19H21ClN2O4S. The number of rotatable bonds is 5. The Labute approximate surface area is 163 Å². The molecule has 0 saturated heterocycles. The van der Waals surface area contributed by atoms with Crippen LogP contribution >= 0.6 is 11.6 Å². The van der Waals surface area contributed by atoms with Crippen LogP contribution < -0.4 is 15.2 Å². The zero-order valence-electron chi connectivity index (χ0n) is 15.2. The normalized spacial score (nSPS) is 20.8. The number of nitrogens with one attached hydrogen (secondary N) is 1. The summed E-state index contributed by atoms with van der Waals surface area (Å²) in [5.41, 5.74) is 1.19. The molecule has 0 aromatic heterocycles. The highest BCUT2D eigenvalue weighted by Crippen LogP contribution is 2.58. The molecule has 144 valence electrons. The summed E-state index contributed by atoms with van der Waals surface area (Å²) < 4.78 is 28.1. The number of ether oxygens (including phenoxy) is 1. The molecule has 2 aromatic carbocycles. The third-order valence-corrected chi connectivity index (χ3v) is 6.25. The summed E-state index contributed by atoms with van der Waals surface area (Å²) >= 11 is 5.95. The van der Waals surface area contributed by atoms with E-state index in [9.17, 15) is 13.2 Å². The van der Waals surface area contributed by atoms with Crippen molar-refractivity contribution in [3.05, 3.63) is 58.6 Å². The van der Waals surface area contributed by atoms with Gasteiger partial charge in [0.2, 0.25) is 10.0 Å². The summed E-state index contributed by atoms with van der Waals surface area (Å²) in [6, 6.07) is 11.2. The van der Waals surface area contributed by atoms with Gasteiger partial charge in [-0.25, -0.2) is 13.6 Å². The van der Waals surface area contributed by atoms with Gasteiger partial charge in [-0.2, -0.15) is 0 Å². The molecule has 0 bridgehead atoms. The third kappa shape index (κ3) is 3.81. The summed E-state index contributed by atoms with van der Waals surface area (Å²) in [4.78, 5) is 12.8. The summed E-state index contributed by atoms with van der Waals surface area (Å²) in [7, 11) is -2.24. The lowest BCUT2D eigenvalue weighted by molar-refractivity contribution is 0.0943. The average molecular weight is 409 g/mol. The zero-order valence-corrected chi connectivity index (χ0v) is 16.8. The second kappa shape index (κ2) is 6.82. The maximum atomic E-state index is 12.7. The Morgan fingerprint density at radius 3 is 2.37 bits per heavy atom. The standard InChI is InChI=1S/C19H21ClN2O4S/c1-19(2)16(11-4-7-13(8-5-11)27(21,24)25)17(19)22-18(23)14-9-6-12(20)10-15(14)26-3/h4-10,16-17H,1-3H3,(H,22,23)(H2,21,24,25)/t16-,17-/m0/s1. The molecule has 6 nitrogen and oxygen atoms in total. The van der Waals surface area contributed by atoms with Crippen LogP contribution in [0.25, 0.3) is 0 Å². The van der Waals surface area contributed by atoms with Gasteiger partial charge in [-0.05, 0) is 41.3 Å². The van der Waals surface area contributed by atoms with E-state index in [0.29, 0.717) is 16.3 Å². The van der Waals surface area contributed by atoms with E-state index in [1.807, 2.05) is 0 Å². The van der Waals surface area contributed by atoms with Crippen LogP contribution in [0.2, 0.25) is 5.02 Å². The lowest BCUT2D eigenvalue weighted by atomic mass is 10.0. The van der Waals surface area contributed by atoms with E-state index in [2.05, 4.69) is 19.2 Å². The lowest BCUT2D eigenvalue weighted by Crippen LogP contribution is -2.29. The van der Waals surface area contributed by atoms with Gasteiger partial charge < -0.3 is 10.1 Å². The molecule has 3 N–H and O–H groups in total. The fraction of sp³-hybridized carbons (Fsp3) is 0.316. The van der Waals surface area contributed by atoms with Gasteiger partial charge in [-0.15, -0.1) is 0 Å². The molecule has 2 aromatic rings. The molecular weight excluding hydrogens is 388 g/mol. The number of carbonyl (C=O) groups is 1. The van der Waals surface area contributed by atoms with Crippen LogP contribution in [0.1, 0.15) is 35.7 Å². The summed E-state index contributed by atoms with van der Waals surface area (Å²) in [6.07, 6.45) is 0. The second-order valence-corrected chi connectivity index (χ2v) is 9.21. The number of primary sulfonamides is 1. The molecule has 1 aliphatic carbocycles. The van der Waals surface area contributed by atoms with Crippen molar-refractivity contribution >= 4 is 27.5 Å². The maximum absolute atomic E-state index is 12.7. The van der Waals surface area contributed by atoms with E-state index >= 15 is 0 Å². The molecule has 27 heavy (non-hydrogen) atoms. The molecule has 8 heteroatoms. The molecule has 2 atom stereocenters. The van der Waals surface area contributed by atoms with Crippen LogP contribution in [0.4, 0.5) is 0 Å². The predicted octanol–water partition coefficient (Wildman–Crippen LogP) is 2.92. The molecule has 1 fully saturated rings. The van der Waals surface area contributed by atoms with Crippen LogP contribution in [0.5, 0.6) is 5.75 Å². The van der Waals surface area contributed by atoms with Gasteiger partial charge in [0, 0.05) is 17.0 Å². The minimum Gasteiger partial charge on any atom is -0.496 e. The number of hydrogen-bond donors (Lipinski definition) is 2. The number of halogens is 1. The Morgan fingerprint density at radius 2 is 1.81 bits per heavy atom. The van der Waals surface area contributed by atoms with Gasteiger partial charge in [0.25, 0.3) is 5.91 Å². The monoisotopic (exact) mass is 408 g/mol. The van der Waals surface area contributed by atoms with E-state index in [-0.39, 0.29) is 28.2 Å². The highest BCUT2D eigenvalue weighted by molar-refractivity contribution is 7.89. The van der Waals surface area contributed by atoms with Crippen LogP contribution in [-0.2, 0) is 10.0 Å². The van der Waals surface area contributed by atoms with Gasteiger partial charge in [-0.3, -0.25) is 4.79 Å². The van der Waals surface area contributed by atoms with Crippen LogP contribution in [-0.4, -0.2) is 27.5 Å². The Bertz CT molecular complexity index is 987. The minimum atomic E-state index is -3.73. The number of methoxy groups -OCH3 is 1. The van der Waals surface area contributed by atoms with Gasteiger partial charge >= 0.3 is 0 Å². The van der Waals surface area contributed by atoms with Gasteiger partial charge in [-0.1, -0.05) is 37.6 Å². The molecule has 0 spiro atoms. The first kappa shape index (κ1) is 19.7. The summed E-state index contributed by atoms with van der Waals surface area (Å²) in [5.74, 6) is 0.229. The summed E-state index contributed by atoms with van der Waals surface area (Å²) in [6.45, 7) is 4.10. The van der Waals surface area contributed by atoms with Crippen LogP contribution in [0.3, 0.4) is 0 Å². The molecule has 3 rings (SSSR count). The first-order valence-electron chi connectivity index (χ1n) is 8.33. The van der Waals surface area contributed by atoms with E-state index < -0.39 is 10.0 Å². The predicted molar refractivity (Wildman–Crippen MR) is 104 cm³/mol. The first-order chi connectivity index (χ1) is 12.6. The van der Waals surface area contributed by atoms with Crippen molar-refractivity contribution in [2.45, 2.75) is 30.7 Å². The Morgan fingerprint density at radius 1 is 1.19 bits per heavy atom. The van der Waals surface area contributed by atoms with E-state index in [0.717, 1.165) is 5.56 Å². The SMILES string of the molecule is COc1cc(Cl)ccc1C(=O)N[C@H]1[C@H](c2ccc(S(N)(=O)=O)cc2)C1(C)C. The number of benzene rings is 2. The molecule has 1 amide bonds. The fourth-order valence-electron chi connectivity index (χ4n) is 3.47. The minimum absolute atomic E-state index is 0.0641. The van der Waals surface area contributed by atoms with Gasteiger partial charge in [0.05, 0.1) is 17.6 Å². The molecule has 1 aliphatic rings. The molecule has 0 radical (unpaired) electrons. The number of sulfonamides is 1. The van der Waals surface area contributed by atoms with Crippen molar-refractivity contribution in [2.75, 3.05) is 7.11 Å². The highest BCUT2D eigenvalue weighted by Gasteiger charge is 2.59. The Hall–Kier alpha value is -2.09. The van der Waals surface area contributed by atoms with Crippen molar-refractivity contribution < 1.29 is 17.9 Å². The van der Waals surface area contributed by atoms with E-state index in [4.69, 9.17) is 21.5 Å². The quantitative estimate of drug-likeness (QED) is 0.794. The van der Waals surface area contributed by atoms with Crippen molar-refractivity contribution in [3.63, 3.8) is 0 Å². The topological polar surface area (TPSA) is 98.5 Å². The molecule has 0 unspecified atom stereocenters. The maximum Gasteiger partial charge on any atom is 0.255 e. The van der Waals surface area contributed by atoms with E-state index in [1.165, 1.54) is 19.2 Å². The highest BCUT2D eigenvalue weighted by atomic mass is 35.5. The van der Waals surface area contributed by atoms with Crippen molar-refractivity contribution in [2.24, 2.45) is 10.6 Å². The van der Waals surface area contributed by atoms with E-state index in [1.54, 1.807) is 30.3 Å². The van der Waals surface area contributed by atoms with Crippen LogP contribution in [0.15, 0.2) is 47.4 Å². The average Bonchev–Trinajstić information content (AvgIpc) is 3.14. The van der Waals surface area contributed by atoms with Crippen molar-refractivity contribution in [1.82, 2.24) is 5.32 Å². The zero-order chi connectivity index (χ0) is 20.0. The van der Waals surface area contributed by atoms with Gasteiger partial charge in [0.15, 0.2) is 0 Å². The Balaban J connectivity index is 1.79. The third-order valence-electron chi connectivity index (χ3n) is 5.09. The second-order valence-electron chi connectivity index (χ2n) is 7.21. The van der Waals surface area contributed by atoms with Gasteiger partial charge in [0.1, 0.15) is 5.75 Å².